The van der Waals surface area contributed by atoms with Crippen molar-refractivity contribution in [2.45, 2.75) is 12.8 Å². The summed E-state index contributed by atoms with van der Waals surface area (Å²) < 4.78 is 1.93. The van der Waals surface area contributed by atoms with E-state index < -0.39 is 0 Å². The highest BCUT2D eigenvalue weighted by Crippen LogP contribution is 2.21. The van der Waals surface area contributed by atoms with Crippen LogP contribution in [0.1, 0.15) is 23.2 Å². The molecule has 0 aromatic carbocycles. The van der Waals surface area contributed by atoms with Crippen LogP contribution in [0, 0.1) is 5.92 Å². The number of amides is 1. The summed E-state index contributed by atoms with van der Waals surface area (Å²) in [6.45, 7) is 2.81. The van der Waals surface area contributed by atoms with Gasteiger partial charge in [0.2, 0.25) is 0 Å². The number of hydrogen-bond acceptors (Lipinski definition) is 3. The van der Waals surface area contributed by atoms with Gasteiger partial charge in [0.25, 0.3) is 5.91 Å². The number of nitrogens with zero attached hydrogens (tertiary/aromatic N) is 4. The molecule has 5 heteroatoms. The minimum absolute atomic E-state index is 0.101. The highest BCUT2D eigenvalue weighted by atomic mass is 16.2. The lowest BCUT2D eigenvalue weighted by Crippen LogP contribution is -2.29. The summed E-state index contributed by atoms with van der Waals surface area (Å²) in [6, 6.07) is 7.68. The van der Waals surface area contributed by atoms with Gasteiger partial charge in [0.1, 0.15) is 5.82 Å². The Balaban J connectivity index is 1.60. The van der Waals surface area contributed by atoms with Gasteiger partial charge in [-0.3, -0.25) is 4.79 Å². The third kappa shape index (κ3) is 3.79. The standard InChI is InChI=1S/C18H24N4O/c1-20(2)11-7-15-8-12-22(14-15)18(23)16-5-6-17(19-13-16)21-9-3-4-10-21/h3-6,9-10,13,15H,7-8,11-12,14H2,1-2H3. The largest absolute Gasteiger partial charge is 0.338 e. The summed E-state index contributed by atoms with van der Waals surface area (Å²) in [4.78, 5) is 21.2. The number of aromatic nitrogens is 2. The van der Waals surface area contributed by atoms with Crippen LogP contribution in [0.25, 0.3) is 5.82 Å². The summed E-state index contributed by atoms with van der Waals surface area (Å²) >= 11 is 0. The minimum atomic E-state index is 0.101. The predicted molar refractivity (Wildman–Crippen MR) is 90.7 cm³/mol. The van der Waals surface area contributed by atoms with Crippen molar-refractivity contribution in [2.24, 2.45) is 5.92 Å². The van der Waals surface area contributed by atoms with Gasteiger partial charge in [-0.1, -0.05) is 0 Å². The molecule has 3 rings (SSSR count). The molecule has 23 heavy (non-hydrogen) atoms. The molecule has 1 atom stereocenters. The molecule has 1 unspecified atom stereocenters. The number of carbonyl (C=O) groups excluding carboxylic acids is 1. The van der Waals surface area contributed by atoms with Crippen molar-refractivity contribution in [1.29, 1.82) is 0 Å². The van der Waals surface area contributed by atoms with Crippen molar-refractivity contribution in [3.8, 4) is 5.82 Å². The van der Waals surface area contributed by atoms with Gasteiger partial charge in [0, 0.05) is 31.7 Å². The molecule has 1 aliphatic rings. The molecule has 0 radical (unpaired) electrons. The molecule has 1 amide bonds. The van der Waals surface area contributed by atoms with Gasteiger partial charge < -0.3 is 14.4 Å². The Labute approximate surface area is 137 Å². The first-order valence-electron chi connectivity index (χ1n) is 8.17. The fourth-order valence-electron chi connectivity index (χ4n) is 3.03. The van der Waals surface area contributed by atoms with Crippen LogP contribution in [0.5, 0.6) is 0 Å². The second-order valence-electron chi connectivity index (χ2n) is 6.49. The smallest absolute Gasteiger partial charge is 0.255 e. The zero-order chi connectivity index (χ0) is 16.2. The van der Waals surface area contributed by atoms with Gasteiger partial charge in [0.05, 0.1) is 5.56 Å². The van der Waals surface area contributed by atoms with Crippen LogP contribution in [0.4, 0.5) is 0 Å². The first kappa shape index (κ1) is 15.7. The molecule has 122 valence electrons. The lowest BCUT2D eigenvalue weighted by Gasteiger charge is -2.17. The number of likely N-dealkylation sites (tertiary alicyclic amines) is 1. The SMILES string of the molecule is CN(C)CCC1CCN(C(=O)c2ccc(-n3cccc3)nc2)C1. The third-order valence-electron chi connectivity index (χ3n) is 4.42. The Morgan fingerprint density at radius 2 is 2.09 bits per heavy atom. The first-order chi connectivity index (χ1) is 11.1. The van der Waals surface area contributed by atoms with Crippen molar-refractivity contribution < 1.29 is 4.79 Å². The van der Waals surface area contributed by atoms with Gasteiger partial charge in [0.15, 0.2) is 0 Å². The summed E-state index contributed by atoms with van der Waals surface area (Å²) in [5.74, 6) is 1.55. The van der Waals surface area contributed by atoms with Crippen molar-refractivity contribution in [3.63, 3.8) is 0 Å². The Morgan fingerprint density at radius 1 is 1.30 bits per heavy atom. The van der Waals surface area contributed by atoms with E-state index in [1.165, 1.54) is 0 Å². The molecule has 1 saturated heterocycles. The Hall–Kier alpha value is -2.14. The molecule has 0 N–H and O–H groups in total. The maximum atomic E-state index is 12.6. The molecule has 0 bridgehead atoms. The van der Waals surface area contributed by atoms with Gasteiger partial charge in [-0.2, -0.15) is 0 Å². The minimum Gasteiger partial charge on any atom is -0.338 e. The maximum Gasteiger partial charge on any atom is 0.255 e. The molecule has 0 spiro atoms. The summed E-state index contributed by atoms with van der Waals surface area (Å²) in [7, 11) is 4.19. The van der Waals surface area contributed by atoms with Gasteiger partial charge in [-0.25, -0.2) is 4.98 Å². The lowest BCUT2D eigenvalue weighted by atomic mass is 10.1. The van der Waals surface area contributed by atoms with E-state index in [0.29, 0.717) is 11.5 Å². The molecule has 3 heterocycles. The highest BCUT2D eigenvalue weighted by Gasteiger charge is 2.26. The van der Waals surface area contributed by atoms with Crippen LogP contribution < -0.4 is 0 Å². The zero-order valence-corrected chi connectivity index (χ0v) is 13.9. The summed E-state index contributed by atoms with van der Waals surface area (Å²) in [6.07, 6.45) is 7.83. The fourth-order valence-corrected chi connectivity index (χ4v) is 3.03. The van der Waals surface area contributed by atoms with Gasteiger partial charge >= 0.3 is 0 Å². The van der Waals surface area contributed by atoms with E-state index in [9.17, 15) is 4.79 Å². The van der Waals surface area contributed by atoms with Crippen LogP contribution in [0.3, 0.4) is 0 Å². The van der Waals surface area contributed by atoms with Crippen LogP contribution in [0.2, 0.25) is 0 Å². The first-order valence-corrected chi connectivity index (χ1v) is 8.17. The molecule has 2 aromatic rings. The van der Waals surface area contributed by atoms with Crippen LogP contribution >= 0.6 is 0 Å². The number of rotatable bonds is 5. The normalized spacial score (nSPS) is 17.9. The molecule has 5 nitrogen and oxygen atoms in total. The van der Waals surface area contributed by atoms with E-state index in [1.54, 1.807) is 6.20 Å². The Kier molecular flexibility index (Phi) is 4.76. The lowest BCUT2D eigenvalue weighted by molar-refractivity contribution is 0.0785. The van der Waals surface area contributed by atoms with Crippen molar-refractivity contribution in [2.75, 3.05) is 33.7 Å². The molecular weight excluding hydrogens is 288 g/mol. The Morgan fingerprint density at radius 3 is 2.74 bits per heavy atom. The Bertz CT molecular complexity index is 634. The van der Waals surface area contributed by atoms with Crippen LogP contribution in [-0.2, 0) is 0 Å². The summed E-state index contributed by atoms with van der Waals surface area (Å²) in [5.41, 5.74) is 0.675. The van der Waals surface area contributed by atoms with E-state index in [2.05, 4.69) is 24.0 Å². The van der Waals surface area contributed by atoms with E-state index >= 15 is 0 Å². The van der Waals surface area contributed by atoms with Crippen molar-refractivity contribution in [3.05, 3.63) is 48.4 Å². The van der Waals surface area contributed by atoms with Crippen LogP contribution in [-0.4, -0.2) is 59.0 Å². The monoisotopic (exact) mass is 312 g/mol. The second-order valence-corrected chi connectivity index (χ2v) is 6.49. The number of hydrogen-bond donors (Lipinski definition) is 0. The molecular formula is C18H24N4O. The number of carbonyl (C=O) groups is 1. The second kappa shape index (κ2) is 6.96. The maximum absolute atomic E-state index is 12.6. The zero-order valence-electron chi connectivity index (χ0n) is 13.9. The van der Waals surface area contributed by atoms with E-state index in [-0.39, 0.29) is 5.91 Å². The van der Waals surface area contributed by atoms with E-state index in [4.69, 9.17) is 0 Å². The van der Waals surface area contributed by atoms with Gasteiger partial charge in [-0.05, 0) is 63.7 Å². The van der Waals surface area contributed by atoms with E-state index in [0.717, 1.165) is 38.3 Å². The molecule has 0 aliphatic carbocycles. The average Bonchev–Trinajstić information content (AvgIpc) is 3.24. The molecule has 1 fully saturated rings. The van der Waals surface area contributed by atoms with Crippen molar-refractivity contribution >= 4 is 5.91 Å². The van der Waals surface area contributed by atoms with Crippen LogP contribution in [0.15, 0.2) is 42.9 Å². The number of pyridine rings is 1. The van der Waals surface area contributed by atoms with Gasteiger partial charge in [-0.15, -0.1) is 0 Å². The highest BCUT2D eigenvalue weighted by molar-refractivity contribution is 5.94. The molecule has 1 aliphatic heterocycles. The quantitative estimate of drug-likeness (QED) is 0.850. The van der Waals surface area contributed by atoms with Crippen molar-refractivity contribution in [1.82, 2.24) is 19.4 Å². The topological polar surface area (TPSA) is 41.4 Å². The van der Waals surface area contributed by atoms with E-state index in [1.807, 2.05) is 46.1 Å². The molecule has 0 saturated carbocycles. The molecule has 2 aromatic heterocycles. The summed E-state index contributed by atoms with van der Waals surface area (Å²) in [5, 5.41) is 0. The third-order valence-corrected chi connectivity index (χ3v) is 4.42. The fraction of sp³-hybridized carbons (Fsp3) is 0.444. The average molecular weight is 312 g/mol. The predicted octanol–water partition coefficient (Wildman–Crippen LogP) is 2.29.